The Morgan fingerprint density at radius 2 is 2.04 bits per heavy atom. The van der Waals surface area contributed by atoms with E-state index in [1.54, 1.807) is 19.6 Å². The molecule has 0 fully saturated rings. The molecule has 0 aliphatic rings. The van der Waals surface area contributed by atoms with Crippen LogP contribution < -0.4 is 20.1 Å². The minimum Gasteiger partial charge on any atom is -0.493 e. The summed E-state index contributed by atoms with van der Waals surface area (Å²) in [6.45, 7) is 3.99. The van der Waals surface area contributed by atoms with Gasteiger partial charge in [-0.2, -0.15) is 0 Å². The lowest BCUT2D eigenvalue weighted by atomic mass is 10.2. The van der Waals surface area contributed by atoms with E-state index in [1.807, 2.05) is 32.0 Å². The van der Waals surface area contributed by atoms with Crippen LogP contribution >= 0.6 is 11.3 Å². The van der Waals surface area contributed by atoms with Crippen molar-refractivity contribution < 1.29 is 14.3 Å². The topological polar surface area (TPSA) is 72.5 Å². The van der Waals surface area contributed by atoms with Crippen molar-refractivity contribution in [3.8, 4) is 11.5 Å². The molecule has 0 radical (unpaired) electrons. The molecular weight excluding hydrogens is 314 g/mol. The number of amides is 1. The van der Waals surface area contributed by atoms with Gasteiger partial charge >= 0.3 is 0 Å². The highest BCUT2D eigenvalue weighted by molar-refractivity contribution is 7.14. The summed E-state index contributed by atoms with van der Waals surface area (Å²) in [5.74, 6) is 1.13. The quantitative estimate of drug-likeness (QED) is 0.811. The molecule has 0 aliphatic carbocycles. The summed E-state index contributed by atoms with van der Waals surface area (Å²) in [4.78, 5) is 16.3. The fourth-order valence-electron chi connectivity index (χ4n) is 1.87. The second kappa shape index (κ2) is 7.82. The zero-order valence-corrected chi connectivity index (χ0v) is 14.5. The number of benzene rings is 1. The Morgan fingerprint density at radius 1 is 1.30 bits per heavy atom. The Bertz CT molecular complexity index is 672. The van der Waals surface area contributed by atoms with Crippen LogP contribution in [-0.2, 0) is 0 Å². The maximum Gasteiger partial charge on any atom is 0.271 e. The van der Waals surface area contributed by atoms with E-state index in [2.05, 4.69) is 15.6 Å². The number of nitrogens with one attached hydrogen (secondary N) is 2. The van der Waals surface area contributed by atoms with Gasteiger partial charge in [-0.3, -0.25) is 4.79 Å². The molecule has 0 saturated heterocycles. The minimum absolute atomic E-state index is 0.131. The van der Waals surface area contributed by atoms with Crippen molar-refractivity contribution in [1.82, 2.24) is 10.3 Å². The molecule has 23 heavy (non-hydrogen) atoms. The average molecular weight is 335 g/mol. The Kier molecular flexibility index (Phi) is 5.81. The molecule has 124 valence electrons. The molecule has 1 amide bonds. The molecule has 0 bridgehead atoms. The fourth-order valence-corrected chi connectivity index (χ4v) is 2.58. The first-order chi connectivity index (χ1) is 11.1. The lowest BCUT2D eigenvalue weighted by molar-refractivity contribution is 0.0935. The van der Waals surface area contributed by atoms with E-state index in [9.17, 15) is 4.79 Å². The number of ether oxygens (including phenoxy) is 2. The Balaban J connectivity index is 2.08. The van der Waals surface area contributed by atoms with Gasteiger partial charge in [0.25, 0.3) is 5.91 Å². The van der Waals surface area contributed by atoms with Crippen LogP contribution in [0.5, 0.6) is 11.5 Å². The van der Waals surface area contributed by atoms with Crippen molar-refractivity contribution in [1.29, 1.82) is 0 Å². The number of hydrogen-bond donors (Lipinski definition) is 2. The molecule has 7 heteroatoms. The van der Waals surface area contributed by atoms with Crippen molar-refractivity contribution in [2.45, 2.75) is 26.3 Å². The number of nitrogens with zero attached hydrogens (tertiary/aromatic N) is 1. The van der Waals surface area contributed by atoms with Gasteiger partial charge in [0.1, 0.15) is 5.69 Å². The predicted octanol–water partition coefficient (Wildman–Crippen LogP) is 3.43. The molecule has 1 atom stereocenters. The number of rotatable bonds is 7. The molecule has 6 nitrogen and oxygen atoms in total. The largest absolute Gasteiger partial charge is 0.493 e. The van der Waals surface area contributed by atoms with Crippen LogP contribution in [0.3, 0.4) is 0 Å². The van der Waals surface area contributed by atoms with E-state index in [0.717, 1.165) is 12.1 Å². The van der Waals surface area contributed by atoms with Crippen molar-refractivity contribution in [3.05, 3.63) is 29.3 Å². The van der Waals surface area contributed by atoms with Gasteiger partial charge in [-0.25, -0.2) is 4.98 Å². The second-order valence-electron chi connectivity index (χ2n) is 5.02. The lowest BCUT2D eigenvalue weighted by Gasteiger charge is -2.10. The van der Waals surface area contributed by atoms with Crippen LogP contribution in [0.15, 0.2) is 23.6 Å². The van der Waals surface area contributed by atoms with Crippen LogP contribution in [0.1, 0.15) is 30.8 Å². The van der Waals surface area contributed by atoms with Crippen LogP contribution in [0.25, 0.3) is 0 Å². The fraction of sp³-hybridized carbons (Fsp3) is 0.375. The molecule has 2 rings (SSSR count). The number of carbonyl (C=O) groups excluding carboxylic acids is 1. The molecule has 1 aromatic carbocycles. The molecule has 2 aromatic rings. The maximum atomic E-state index is 12.0. The van der Waals surface area contributed by atoms with Gasteiger partial charge in [-0.05, 0) is 25.5 Å². The molecule has 0 spiro atoms. The van der Waals surface area contributed by atoms with Crippen molar-refractivity contribution in [3.63, 3.8) is 0 Å². The van der Waals surface area contributed by atoms with Crippen molar-refractivity contribution >= 4 is 28.1 Å². The van der Waals surface area contributed by atoms with Crippen LogP contribution in [0.4, 0.5) is 10.8 Å². The third-order valence-electron chi connectivity index (χ3n) is 3.36. The lowest BCUT2D eigenvalue weighted by Crippen LogP contribution is -2.32. The van der Waals surface area contributed by atoms with Gasteiger partial charge in [-0.15, -0.1) is 11.3 Å². The Hall–Kier alpha value is -2.28. The number of aromatic nitrogens is 1. The van der Waals surface area contributed by atoms with Gasteiger partial charge < -0.3 is 20.1 Å². The number of hydrogen-bond acceptors (Lipinski definition) is 6. The Morgan fingerprint density at radius 3 is 2.70 bits per heavy atom. The second-order valence-corrected chi connectivity index (χ2v) is 5.87. The first kappa shape index (κ1) is 17.1. The van der Waals surface area contributed by atoms with Gasteiger partial charge in [0.2, 0.25) is 0 Å². The van der Waals surface area contributed by atoms with Gasteiger partial charge in [0, 0.05) is 23.2 Å². The number of anilines is 2. The zero-order valence-electron chi connectivity index (χ0n) is 13.7. The van der Waals surface area contributed by atoms with Crippen molar-refractivity contribution in [2.24, 2.45) is 0 Å². The van der Waals surface area contributed by atoms with Crippen molar-refractivity contribution in [2.75, 3.05) is 19.5 Å². The SMILES string of the molecule is CCC(C)NC(=O)c1csc(Nc2ccc(OC)c(OC)c2)n1. The first-order valence-corrected chi connectivity index (χ1v) is 8.20. The summed E-state index contributed by atoms with van der Waals surface area (Å²) >= 11 is 1.38. The summed E-state index contributed by atoms with van der Waals surface area (Å²) in [6.07, 6.45) is 0.882. The van der Waals surface area contributed by atoms with E-state index in [-0.39, 0.29) is 11.9 Å². The molecule has 0 aliphatic heterocycles. The van der Waals surface area contributed by atoms with E-state index >= 15 is 0 Å². The van der Waals surface area contributed by atoms with Crippen LogP contribution in [0, 0.1) is 0 Å². The van der Waals surface area contributed by atoms with Gasteiger partial charge in [-0.1, -0.05) is 6.92 Å². The third kappa shape index (κ3) is 4.35. The highest BCUT2D eigenvalue weighted by atomic mass is 32.1. The molecule has 2 N–H and O–H groups in total. The average Bonchev–Trinajstić information content (AvgIpc) is 3.03. The summed E-state index contributed by atoms with van der Waals surface area (Å²) in [5.41, 5.74) is 1.23. The monoisotopic (exact) mass is 335 g/mol. The normalized spacial score (nSPS) is 11.7. The molecule has 0 saturated carbocycles. The third-order valence-corrected chi connectivity index (χ3v) is 4.12. The summed E-state index contributed by atoms with van der Waals surface area (Å²) in [6, 6.07) is 5.62. The summed E-state index contributed by atoms with van der Waals surface area (Å²) in [5, 5.41) is 8.44. The highest BCUT2D eigenvalue weighted by Gasteiger charge is 2.13. The molecule has 1 aromatic heterocycles. The number of thiazole rings is 1. The Labute approximate surface area is 139 Å². The highest BCUT2D eigenvalue weighted by Crippen LogP contribution is 2.31. The zero-order chi connectivity index (χ0) is 16.8. The van der Waals surface area contributed by atoms with E-state index < -0.39 is 0 Å². The molecule has 1 heterocycles. The van der Waals surface area contributed by atoms with E-state index in [0.29, 0.717) is 22.3 Å². The summed E-state index contributed by atoms with van der Waals surface area (Å²) < 4.78 is 10.5. The van der Waals surface area contributed by atoms with E-state index in [1.165, 1.54) is 11.3 Å². The van der Waals surface area contributed by atoms with Gasteiger partial charge in [0.05, 0.1) is 14.2 Å². The molecular formula is C16H21N3O3S. The summed E-state index contributed by atoms with van der Waals surface area (Å²) in [7, 11) is 3.18. The predicted molar refractivity (Wildman–Crippen MR) is 92.2 cm³/mol. The standard InChI is InChI=1S/C16H21N3O3S/c1-5-10(2)17-15(20)12-9-23-16(19-12)18-11-6-7-13(21-3)14(8-11)22-4/h6-10H,5H2,1-4H3,(H,17,20)(H,18,19). The van der Waals surface area contributed by atoms with E-state index in [4.69, 9.17) is 9.47 Å². The van der Waals surface area contributed by atoms with Crippen LogP contribution in [0.2, 0.25) is 0 Å². The smallest absolute Gasteiger partial charge is 0.271 e. The van der Waals surface area contributed by atoms with Crippen LogP contribution in [-0.4, -0.2) is 31.2 Å². The number of carbonyl (C=O) groups is 1. The minimum atomic E-state index is -0.157. The first-order valence-electron chi connectivity index (χ1n) is 7.32. The molecule has 1 unspecified atom stereocenters. The maximum absolute atomic E-state index is 12.0. The van der Waals surface area contributed by atoms with Gasteiger partial charge in [0.15, 0.2) is 16.6 Å². The number of methoxy groups -OCH3 is 2.